The fourth-order valence-corrected chi connectivity index (χ4v) is 6.31. The van der Waals surface area contributed by atoms with E-state index in [0.29, 0.717) is 37.9 Å². The number of hydrogen-bond acceptors (Lipinski definition) is 6. The van der Waals surface area contributed by atoms with E-state index in [0.717, 1.165) is 28.6 Å². The summed E-state index contributed by atoms with van der Waals surface area (Å²) in [4.78, 5) is 30.4. The van der Waals surface area contributed by atoms with Crippen LogP contribution in [0.3, 0.4) is 0 Å². The molecule has 2 amide bonds. The standard InChI is InChI=1S/C24H28F3N3O4S2/c1-2-16-36(33,34)30(15-5-14-29-13-4-7-21(29)31)23(32)19-10-8-18(9-11-19)17-35-22-20(24(25,26)27)6-3-12-28-22/h3,6,8-12H,2,4-5,7,13-17H2,1H3. The maximum absolute atomic E-state index is 13.2. The summed E-state index contributed by atoms with van der Waals surface area (Å²) in [7, 11) is -3.84. The van der Waals surface area contributed by atoms with E-state index in [-0.39, 0.29) is 34.5 Å². The van der Waals surface area contributed by atoms with Gasteiger partial charge in [-0.05, 0) is 49.1 Å². The average Bonchev–Trinajstić information content (AvgIpc) is 3.24. The molecule has 0 spiro atoms. The van der Waals surface area contributed by atoms with Gasteiger partial charge in [-0.1, -0.05) is 19.1 Å². The van der Waals surface area contributed by atoms with Crippen molar-refractivity contribution >= 4 is 33.6 Å². The number of nitrogens with zero attached hydrogens (tertiary/aromatic N) is 3. The molecule has 0 atom stereocenters. The maximum atomic E-state index is 13.2. The Kier molecular flexibility index (Phi) is 9.40. The van der Waals surface area contributed by atoms with Crippen LogP contribution in [0.1, 0.15) is 54.1 Å². The highest BCUT2D eigenvalue weighted by Gasteiger charge is 2.34. The molecule has 2 aromatic rings. The van der Waals surface area contributed by atoms with Crippen molar-refractivity contribution < 1.29 is 31.2 Å². The number of likely N-dealkylation sites (tertiary alicyclic amines) is 1. The molecule has 1 aliphatic heterocycles. The number of pyridine rings is 1. The molecule has 1 aliphatic rings. The van der Waals surface area contributed by atoms with Gasteiger partial charge in [0.05, 0.1) is 11.3 Å². The van der Waals surface area contributed by atoms with Crippen LogP contribution in [0.5, 0.6) is 0 Å². The molecule has 196 valence electrons. The van der Waals surface area contributed by atoms with Crippen molar-refractivity contribution in [1.82, 2.24) is 14.2 Å². The highest BCUT2D eigenvalue weighted by Crippen LogP contribution is 2.36. The first-order valence-corrected chi connectivity index (χ1v) is 14.2. The van der Waals surface area contributed by atoms with Gasteiger partial charge in [-0.3, -0.25) is 9.59 Å². The van der Waals surface area contributed by atoms with Gasteiger partial charge in [0.2, 0.25) is 15.9 Å². The van der Waals surface area contributed by atoms with Crippen molar-refractivity contribution in [3.8, 4) is 0 Å². The van der Waals surface area contributed by atoms with E-state index in [4.69, 9.17) is 0 Å². The van der Waals surface area contributed by atoms with Crippen molar-refractivity contribution in [2.45, 2.75) is 49.6 Å². The smallest absolute Gasteiger partial charge is 0.343 e. The van der Waals surface area contributed by atoms with Crippen LogP contribution in [0.4, 0.5) is 13.2 Å². The number of alkyl halides is 3. The predicted molar refractivity (Wildman–Crippen MR) is 131 cm³/mol. The minimum absolute atomic E-state index is 0.0332. The van der Waals surface area contributed by atoms with Gasteiger partial charge in [0.15, 0.2) is 0 Å². The Balaban J connectivity index is 1.68. The zero-order chi connectivity index (χ0) is 26.3. The second kappa shape index (κ2) is 12.1. The Morgan fingerprint density at radius 1 is 1.19 bits per heavy atom. The Labute approximate surface area is 213 Å². The van der Waals surface area contributed by atoms with E-state index in [2.05, 4.69) is 4.98 Å². The summed E-state index contributed by atoms with van der Waals surface area (Å²) >= 11 is 0.927. The topological polar surface area (TPSA) is 87.7 Å². The molecule has 1 saturated heterocycles. The molecule has 12 heteroatoms. The lowest BCUT2D eigenvalue weighted by Crippen LogP contribution is -2.40. The molecule has 3 rings (SSSR count). The highest BCUT2D eigenvalue weighted by molar-refractivity contribution is 7.98. The SMILES string of the molecule is CCCS(=O)(=O)N(CCCN1CCCC1=O)C(=O)c1ccc(CSc2ncccc2C(F)(F)F)cc1. The van der Waals surface area contributed by atoms with Crippen LogP contribution in [0.25, 0.3) is 0 Å². The second-order valence-electron chi connectivity index (χ2n) is 8.37. The van der Waals surface area contributed by atoms with Gasteiger partial charge in [-0.2, -0.15) is 13.2 Å². The summed E-state index contributed by atoms with van der Waals surface area (Å²) in [5.41, 5.74) is 0.00883. The molecule has 0 bridgehead atoms. The Morgan fingerprint density at radius 3 is 2.53 bits per heavy atom. The number of aromatic nitrogens is 1. The van der Waals surface area contributed by atoms with E-state index < -0.39 is 27.7 Å². The first-order valence-electron chi connectivity index (χ1n) is 11.6. The minimum atomic E-state index is -4.51. The number of amides is 2. The third kappa shape index (κ3) is 7.22. The zero-order valence-corrected chi connectivity index (χ0v) is 21.5. The van der Waals surface area contributed by atoms with Crippen molar-refractivity contribution in [3.05, 3.63) is 59.3 Å². The average molecular weight is 544 g/mol. The van der Waals surface area contributed by atoms with E-state index in [1.54, 1.807) is 24.0 Å². The van der Waals surface area contributed by atoms with Crippen LogP contribution in [0.2, 0.25) is 0 Å². The molecule has 0 saturated carbocycles. The summed E-state index contributed by atoms with van der Waals surface area (Å²) in [6.07, 6.45) is -1.27. The molecule has 7 nitrogen and oxygen atoms in total. The molecule has 0 unspecified atom stereocenters. The van der Waals surface area contributed by atoms with Crippen LogP contribution >= 0.6 is 11.8 Å². The Bertz CT molecular complexity index is 1170. The van der Waals surface area contributed by atoms with Gasteiger partial charge in [0.25, 0.3) is 5.91 Å². The molecule has 36 heavy (non-hydrogen) atoms. The number of carbonyl (C=O) groups excluding carboxylic acids is 2. The molecule has 1 aromatic heterocycles. The Morgan fingerprint density at radius 2 is 1.92 bits per heavy atom. The lowest BCUT2D eigenvalue weighted by Gasteiger charge is -2.24. The molecule has 2 heterocycles. The van der Waals surface area contributed by atoms with Gasteiger partial charge in [-0.15, -0.1) is 11.8 Å². The second-order valence-corrected chi connectivity index (χ2v) is 11.3. The predicted octanol–water partition coefficient (Wildman–Crippen LogP) is 4.59. The van der Waals surface area contributed by atoms with Crippen LogP contribution in [0.15, 0.2) is 47.6 Å². The summed E-state index contributed by atoms with van der Waals surface area (Å²) in [6.45, 7) is 2.69. The molecular weight excluding hydrogens is 515 g/mol. The number of rotatable bonds is 11. The summed E-state index contributed by atoms with van der Waals surface area (Å²) in [6, 6.07) is 8.32. The largest absolute Gasteiger partial charge is 0.419 e. The van der Waals surface area contributed by atoms with Crippen molar-refractivity contribution in [1.29, 1.82) is 0 Å². The first kappa shape index (κ1) is 28.0. The highest BCUT2D eigenvalue weighted by atomic mass is 32.2. The number of sulfonamides is 1. The van der Waals surface area contributed by atoms with Crippen LogP contribution < -0.4 is 0 Å². The normalized spacial score (nSPS) is 14.3. The molecule has 0 aliphatic carbocycles. The number of carbonyl (C=O) groups is 2. The minimum Gasteiger partial charge on any atom is -0.343 e. The van der Waals surface area contributed by atoms with Gasteiger partial charge in [0.1, 0.15) is 5.03 Å². The number of hydrogen-bond donors (Lipinski definition) is 0. The summed E-state index contributed by atoms with van der Waals surface area (Å²) in [5.74, 6) is -0.622. The van der Waals surface area contributed by atoms with E-state index in [1.807, 2.05) is 0 Å². The van der Waals surface area contributed by atoms with E-state index >= 15 is 0 Å². The number of halogens is 3. The van der Waals surface area contributed by atoms with E-state index in [1.165, 1.54) is 24.4 Å². The maximum Gasteiger partial charge on any atom is 0.419 e. The number of benzene rings is 1. The van der Waals surface area contributed by atoms with Gasteiger partial charge in [-0.25, -0.2) is 17.7 Å². The monoisotopic (exact) mass is 543 g/mol. The van der Waals surface area contributed by atoms with E-state index in [9.17, 15) is 31.2 Å². The van der Waals surface area contributed by atoms with Crippen molar-refractivity contribution in [2.24, 2.45) is 0 Å². The third-order valence-corrected chi connectivity index (χ3v) is 8.66. The van der Waals surface area contributed by atoms with Gasteiger partial charge >= 0.3 is 6.18 Å². The van der Waals surface area contributed by atoms with Gasteiger partial charge < -0.3 is 4.90 Å². The Hall–Kier alpha value is -2.60. The molecular formula is C24H28F3N3O4S2. The molecule has 0 radical (unpaired) electrons. The fraction of sp³-hybridized carbons (Fsp3) is 0.458. The van der Waals surface area contributed by atoms with Crippen LogP contribution in [-0.2, 0) is 26.7 Å². The van der Waals surface area contributed by atoms with Crippen molar-refractivity contribution in [2.75, 3.05) is 25.4 Å². The summed E-state index contributed by atoms with van der Waals surface area (Å²) < 4.78 is 66.0. The third-order valence-electron chi connectivity index (χ3n) is 5.64. The lowest BCUT2D eigenvalue weighted by molar-refractivity contribution is -0.140. The molecule has 0 N–H and O–H groups in total. The van der Waals surface area contributed by atoms with Crippen molar-refractivity contribution in [3.63, 3.8) is 0 Å². The molecule has 1 aromatic carbocycles. The zero-order valence-electron chi connectivity index (χ0n) is 19.8. The quantitative estimate of drug-likeness (QED) is 0.386. The molecule has 1 fully saturated rings. The van der Waals surface area contributed by atoms with Gasteiger partial charge in [0, 0.05) is 43.6 Å². The van der Waals surface area contributed by atoms with Crippen LogP contribution in [0, 0.1) is 0 Å². The lowest BCUT2D eigenvalue weighted by atomic mass is 10.1. The van der Waals surface area contributed by atoms with Crippen LogP contribution in [-0.4, -0.2) is 59.8 Å². The number of thioether (sulfide) groups is 1. The summed E-state index contributed by atoms with van der Waals surface area (Å²) in [5, 5.41) is -0.140. The first-order chi connectivity index (χ1) is 17.0. The fourth-order valence-electron chi connectivity index (χ4n) is 3.84.